The first-order valence-corrected chi connectivity index (χ1v) is 11.5. The first kappa shape index (κ1) is 22.5. The fourth-order valence-electron chi connectivity index (χ4n) is 4.84. The number of aliphatic hydroxyl groups is 1. The molecule has 1 unspecified atom stereocenters. The summed E-state index contributed by atoms with van der Waals surface area (Å²) in [5.74, 6) is 0.0437. The monoisotopic (exact) mass is 434 g/mol. The summed E-state index contributed by atoms with van der Waals surface area (Å²) in [6, 6.07) is 14.7. The lowest BCUT2D eigenvalue weighted by molar-refractivity contribution is 0.0729. The third-order valence-electron chi connectivity index (χ3n) is 6.84. The zero-order valence-corrected chi connectivity index (χ0v) is 19.2. The number of carbonyl (C=O) groups excluding carboxylic acids is 1. The fourth-order valence-corrected chi connectivity index (χ4v) is 4.84. The number of fused-ring (bicyclic) bond motifs is 1. The Labute approximate surface area is 190 Å². The molecular formula is C26H34N4O2. The highest BCUT2D eigenvalue weighted by molar-refractivity contribution is 5.95. The molecule has 32 heavy (non-hydrogen) atoms. The average molecular weight is 435 g/mol. The maximum Gasteiger partial charge on any atom is 0.253 e. The molecule has 1 aliphatic carbocycles. The van der Waals surface area contributed by atoms with Crippen molar-refractivity contribution in [1.29, 1.82) is 0 Å². The van der Waals surface area contributed by atoms with E-state index in [1.54, 1.807) is 0 Å². The molecule has 1 fully saturated rings. The summed E-state index contributed by atoms with van der Waals surface area (Å²) in [5.41, 5.74) is 11.1. The van der Waals surface area contributed by atoms with Crippen molar-refractivity contribution < 1.29 is 9.90 Å². The Balaban J connectivity index is 1.46. The lowest BCUT2D eigenvalue weighted by Crippen LogP contribution is -2.39. The van der Waals surface area contributed by atoms with Crippen molar-refractivity contribution in [2.24, 2.45) is 12.8 Å². The quantitative estimate of drug-likeness (QED) is 0.496. The fraction of sp³-hybridized carbons (Fsp3) is 0.423. The number of nitrogens with two attached hydrogens (primary N) is 1. The number of rotatable bonds is 7. The van der Waals surface area contributed by atoms with Gasteiger partial charge in [-0.2, -0.15) is 0 Å². The van der Waals surface area contributed by atoms with E-state index in [9.17, 15) is 9.90 Å². The van der Waals surface area contributed by atoms with Gasteiger partial charge in [0, 0.05) is 55.4 Å². The van der Waals surface area contributed by atoms with E-state index in [2.05, 4.69) is 34.3 Å². The van der Waals surface area contributed by atoms with Gasteiger partial charge in [0.25, 0.3) is 5.91 Å². The van der Waals surface area contributed by atoms with Gasteiger partial charge < -0.3 is 20.3 Å². The highest BCUT2D eigenvalue weighted by Gasteiger charge is 2.30. The molecule has 1 amide bonds. The highest BCUT2D eigenvalue weighted by Crippen LogP contribution is 2.29. The molecule has 0 saturated heterocycles. The molecule has 6 nitrogen and oxygen atoms in total. The number of benzene rings is 2. The molecule has 4 N–H and O–H groups in total. The number of aliphatic hydroxyl groups excluding tert-OH is 1. The molecule has 0 aliphatic heterocycles. The summed E-state index contributed by atoms with van der Waals surface area (Å²) < 4.78 is 2.10. The van der Waals surface area contributed by atoms with Gasteiger partial charge in [-0.25, -0.2) is 0 Å². The molecule has 0 bridgehead atoms. The molecule has 0 radical (unpaired) electrons. The van der Waals surface area contributed by atoms with Crippen LogP contribution in [0.25, 0.3) is 22.0 Å². The van der Waals surface area contributed by atoms with E-state index in [0.717, 1.165) is 36.0 Å². The van der Waals surface area contributed by atoms with Crippen LogP contribution in [0.4, 0.5) is 0 Å². The molecule has 4 rings (SSSR count). The minimum atomic E-state index is -0.469. The Morgan fingerprint density at radius 3 is 2.62 bits per heavy atom. The minimum Gasteiger partial charge on any atom is -0.379 e. The smallest absolute Gasteiger partial charge is 0.253 e. The molecule has 3 atom stereocenters. The third-order valence-corrected chi connectivity index (χ3v) is 6.84. The van der Waals surface area contributed by atoms with E-state index < -0.39 is 6.23 Å². The zero-order chi connectivity index (χ0) is 22.8. The first-order valence-electron chi connectivity index (χ1n) is 11.5. The first-order chi connectivity index (χ1) is 15.4. The van der Waals surface area contributed by atoms with E-state index >= 15 is 0 Å². The normalized spacial score (nSPS) is 19.4. The van der Waals surface area contributed by atoms with Crippen molar-refractivity contribution in [2.75, 3.05) is 7.05 Å². The van der Waals surface area contributed by atoms with Gasteiger partial charge in [0.1, 0.15) is 6.23 Å². The number of carbonyl (C=O) groups is 1. The second kappa shape index (κ2) is 9.45. The van der Waals surface area contributed by atoms with Crippen molar-refractivity contribution in [3.05, 3.63) is 59.8 Å². The number of amides is 1. The topological polar surface area (TPSA) is 83.5 Å². The van der Waals surface area contributed by atoms with Crippen LogP contribution in [0.5, 0.6) is 0 Å². The summed E-state index contributed by atoms with van der Waals surface area (Å²) in [4.78, 5) is 14.9. The molecular weight excluding hydrogens is 400 g/mol. The van der Waals surface area contributed by atoms with Crippen molar-refractivity contribution in [3.8, 4) is 11.1 Å². The molecule has 0 spiro atoms. The Morgan fingerprint density at radius 1 is 1.22 bits per heavy atom. The lowest BCUT2D eigenvalue weighted by atomic mass is 10.0. The van der Waals surface area contributed by atoms with Crippen LogP contribution in [0.2, 0.25) is 0 Å². The number of aryl methyl sites for hydroxylation is 1. The predicted octanol–water partition coefficient (Wildman–Crippen LogP) is 3.62. The summed E-state index contributed by atoms with van der Waals surface area (Å²) in [6.07, 6.45) is 5.10. The highest BCUT2D eigenvalue weighted by atomic mass is 16.3. The lowest BCUT2D eigenvalue weighted by Gasteiger charge is -2.25. The number of hydrogen-bond acceptors (Lipinski definition) is 4. The van der Waals surface area contributed by atoms with E-state index in [-0.39, 0.29) is 18.0 Å². The Hall–Kier alpha value is -2.67. The average Bonchev–Trinajstić information content (AvgIpc) is 3.41. The van der Waals surface area contributed by atoms with Gasteiger partial charge in [0.2, 0.25) is 0 Å². The van der Waals surface area contributed by atoms with Crippen LogP contribution in [0.15, 0.2) is 48.7 Å². The van der Waals surface area contributed by atoms with Crippen LogP contribution >= 0.6 is 0 Å². The van der Waals surface area contributed by atoms with Crippen LogP contribution in [-0.4, -0.2) is 45.8 Å². The maximum atomic E-state index is 13.1. The van der Waals surface area contributed by atoms with Gasteiger partial charge >= 0.3 is 0 Å². The van der Waals surface area contributed by atoms with Gasteiger partial charge in [-0.1, -0.05) is 25.1 Å². The summed E-state index contributed by atoms with van der Waals surface area (Å²) in [6.45, 7) is 2.47. The predicted molar refractivity (Wildman–Crippen MR) is 129 cm³/mol. The minimum absolute atomic E-state index is 0.0437. The number of nitrogens with zero attached hydrogens (tertiary/aromatic N) is 2. The molecule has 2 aromatic carbocycles. The molecule has 1 heterocycles. The van der Waals surface area contributed by atoms with Crippen LogP contribution < -0.4 is 11.1 Å². The van der Waals surface area contributed by atoms with Crippen molar-refractivity contribution in [3.63, 3.8) is 0 Å². The number of hydrogen-bond donors (Lipinski definition) is 3. The van der Waals surface area contributed by atoms with E-state index in [0.29, 0.717) is 18.5 Å². The Kier molecular flexibility index (Phi) is 6.65. The molecule has 6 heteroatoms. The van der Waals surface area contributed by atoms with Gasteiger partial charge in [-0.05, 0) is 66.6 Å². The Morgan fingerprint density at radius 2 is 1.94 bits per heavy atom. The van der Waals surface area contributed by atoms with E-state index in [1.807, 2.05) is 50.2 Å². The molecule has 1 saturated carbocycles. The van der Waals surface area contributed by atoms with Crippen molar-refractivity contribution in [1.82, 2.24) is 14.8 Å². The van der Waals surface area contributed by atoms with E-state index in [4.69, 9.17) is 5.73 Å². The number of aromatic nitrogens is 1. The van der Waals surface area contributed by atoms with Gasteiger partial charge in [0.15, 0.2) is 0 Å². The van der Waals surface area contributed by atoms with Crippen LogP contribution in [0, 0.1) is 0 Å². The van der Waals surface area contributed by atoms with Gasteiger partial charge in [-0.15, -0.1) is 0 Å². The number of nitrogens with one attached hydrogen (secondary N) is 1. The molecule has 3 aromatic rings. The summed E-state index contributed by atoms with van der Waals surface area (Å²) in [5, 5.41) is 14.3. The second-order valence-electron chi connectivity index (χ2n) is 8.95. The second-order valence-corrected chi connectivity index (χ2v) is 8.95. The van der Waals surface area contributed by atoms with Crippen molar-refractivity contribution in [2.45, 2.75) is 57.5 Å². The molecule has 1 aliphatic rings. The van der Waals surface area contributed by atoms with Crippen molar-refractivity contribution >= 4 is 16.8 Å². The van der Waals surface area contributed by atoms with Gasteiger partial charge in [-0.3, -0.25) is 10.1 Å². The third kappa shape index (κ3) is 4.44. The summed E-state index contributed by atoms with van der Waals surface area (Å²) in [7, 11) is 3.92. The SMILES string of the molecule is CCC(O)N[C@H]1CC[C@@H](N(C)C(=O)c2ccc(-c3ccc4c(c3)c(CN)cn4C)cc2)C1. The van der Waals surface area contributed by atoms with Crippen LogP contribution in [0.1, 0.15) is 48.5 Å². The van der Waals surface area contributed by atoms with E-state index in [1.165, 1.54) is 10.9 Å². The largest absolute Gasteiger partial charge is 0.379 e. The van der Waals surface area contributed by atoms with Crippen LogP contribution in [0.3, 0.4) is 0 Å². The molecule has 1 aromatic heterocycles. The van der Waals surface area contributed by atoms with Gasteiger partial charge in [0.05, 0.1) is 0 Å². The Bertz CT molecular complexity index is 1090. The zero-order valence-electron chi connectivity index (χ0n) is 19.2. The molecule has 170 valence electrons. The van der Waals surface area contributed by atoms with Crippen LogP contribution in [-0.2, 0) is 13.6 Å². The standard InChI is InChI=1S/C26H34N4O2/c1-4-25(31)28-21-10-11-22(14-21)30(3)26(32)18-7-5-17(6-8-18)19-9-12-24-23(13-19)20(15-27)16-29(24)2/h5-9,12-13,16,21-22,25,28,31H,4,10-11,14-15,27H2,1-3H3/t21-,22+,25?/m0/s1. The maximum absolute atomic E-state index is 13.1. The summed E-state index contributed by atoms with van der Waals surface area (Å²) >= 11 is 0.